The average Bonchev–Trinajstić information content (AvgIpc) is 3.09. The maximum atomic E-state index is 12.7. The molecule has 3 aromatic rings. The van der Waals surface area contributed by atoms with Gasteiger partial charge >= 0.3 is 5.97 Å². The second kappa shape index (κ2) is 9.67. The third-order valence-electron chi connectivity index (χ3n) is 5.01. The summed E-state index contributed by atoms with van der Waals surface area (Å²) in [7, 11) is 2.87. The standard InChI is InChI=1S/C25H23N3O4/c1-16-12-18(17(2)28(16)23-11-6-5-10-22(23)25(30)32-4)13-19(15-26)24(29)27-20-8-7-9-21(14-20)31-3/h5-14H,1-4H3,(H,27,29). The molecule has 1 aromatic heterocycles. The summed E-state index contributed by atoms with van der Waals surface area (Å²) in [5.74, 6) is -0.376. The molecule has 0 saturated carbocycles. The number of amides is 1. The Morgan fingerprint density at radius 3 is 2.50 bits per heavy atom. The van der Waals surface area contributed by atoms with Crippen LogP contribution >= 0.6 is 0 Å². The monoisotopic (exact) mass is 429 g/mol. The van der Waals surface area contributed by atoms with Crippen LogP contribution in [-0.2, 0) is 9.53 Å². The first kappa shape index (κ1) is 22.4. The molecule has 1 heterocycles. The van der Waals surface area contributed by atoms with Crippen LogP contribution in [-0.4, -0.2) is 30.7 Å². The summed E-state index contributed by atoms with van der Waals surface area (Å²) >= 11 is 0. The third-order valence-corrected chi connectivity index (χ3v) is 5.01. The number of nitriles is 1. The number of nitrogens with one attached hydrogen (secondary N) is 1. The van der Waals surface area contributed by atoms with Crippen LogP contribution < -0.4 is 10.1 Å². The molecule has 1 N–H and O–H groups in total. The summed E-state index contributed by atoms with van der Waals surface area (Å²) in [5.41, 5.74) is 3.87. The minimum absolute atomic E-state index is 0.0469. The predicted molar refractivity (Wildman–Crippen MR) is 122 cm³/mol. The lowest BCUT2D eigenvalue weighted by Gasteiger charge is -2.13. The van der Waals surface area contributed by atoms with E-state index in [1.807, 2.05) is 42.7 Å². The van der Waals surface area contributed by atoms with Crippen molar-refractivity contribution in [2.45, 2.75) is 13.8 Å². The number of methoxy groups -OCH3 is 2. The van der Waals surface area contributed by atoms with Gasteiger partial charge in [0.15, 0.2) is 0 Å². The highest BCUT2D eigenvalue weighted by Crippen LogP contribution is 2.26. The molecule has 1 amide bonds. The summed E-state index contributed by atoms with van der Waals surface area (Å²) in [6.07, 6.45) is 1.54. The lowest BCUT2D eigenvalue weighted by Crippen LogP contribution is -2.13. The fourth-order valence-electron chi connectivity index (χ4n) is 3.46. The number of hydrogen-bond acceptors (Lipinski definition) is 5. The molecule has 32 heavy (non-hydrogen) atoms. The number of ether oxygens (including phenoxy) is 2. The Hall–Kier alpha value is -4.31. The van der Waals surface area contributed by atoms with Gasteiger partial charge in [-0.05, 0) is 55.8 Å². The van der Waals surface area contributed by atoms with E-state index in [-0.39, 0.29) is 5.57 Å². The molecule has 7 heteroatoms. The van der Waals surface area contributed by atoms with Gasteiger partial charge in [0.1, 0.15) is 17.4 Å². The van der Waals surface area contributed by atoms with E-state index in [4.69, 9.17) is 9.47 Å². The first-order valence-electron chi connectivity index (χ1n) is 9.83. The molecule has 2 aromatic carbocycles. The Labute approximate surface area is 186 Å². The topological polar surface area (TPSA) is 93.4 Å². The maximum Gasteiger partial charge on any atom is 0.339 e. The van der Waals surface area contributed by atoms with Crippen LogP contribution in [0.5, 0.6) is 5.75 Å². The van der Waals surface area contributed by atoms with Crippen LogP contribution in [0.4, 0.5) is 5.69 Å². The van der Waals surface area contributed by atoms with Crippen molar-refractivity contribution in [3.05, 3.63) is 82.7 Å². The molecule has 3 rings (SSSR count). The van der Waals surface area contributed by atoms with Crippen molar-refractivity contribution in [2.24, 2.45) is 0 Å². The van der Waals surface area contributed by atoms with Crippen molar-refractivity contribution in [3.8, 4) is 17.5 Å². The molecule has 0 atom stereocenters. The van der Waals surface area contributed by atoms with Gasteiger partial charge in [0.25, 0.3) is 5.91 Å². The van der Waals surface area contributed by atoms with E-state index in [0.717, 1.165) is 11.4 Å². The largest absolute Gasteiger partial charge is 0.497 e. The van der Waals surface area contributed by atoms with Gasteiger partial charge in [-0.15, -0.1) is 0 Å². The number of aromatic nitrogens is 1. The van der Waals surface area contributed by atoms with E-state index in [1.165, 1.54) is 20.3 Å². The summed E-state index contributed by atoms with van der Waals surface area (Å²) in [6, 6.07) is 17.8. The summed E-state index contributed by atoms with van der Waals surface area (Å²) in [6.45, 7) is 3.75. The Bertz CT molecular complexity index is 1250. The lowest BCUT2D eigenvalue weighted by molar-refractivity contribution is -0.112. The number of carbonyl (C=O) groups excluding carboxylic acids is 2. The minimum atomic E-state index is -0.527. The van der Waals surface area contributed by atoms with Crippen LogP contribution in [0.2, 0.25) is 0 Å². The number of para-hydroxylation sites is 1. The third kappa shape index (κ3) is 4.55. The Morgan fingerprint density at radius 1 is 1.06 bits per heavy atom. The number of carbonyl (C=O) groups is 2. The van der Waals surface area contributed by atoms with Crippen molar-refractivity contribution in [1.29, 1.82) is 5.26 Å². The SMILES string of the molecule is COC(=O)c1ccccc1-n1c(C)cc(C=C(C#N)C(=O)Nc2cccc(OC)c2)c1C. The number of rotatable bonds is 6. The van der Waals surface area contributed by atoms with Gasteiger partial charge in [-0.3, -0.25) is 4.79 Å². The van der Waals surface area contributed by atoms with Crippen molar-refractivity contribution in [2.75, 3.05) is 19.5 Å². The van der Waals surface area contributed by atoms with E-state index in [9.17, 15) is 14.9 Å². The average molecular weight is 429 g/mol. The first-order valence-corrected chi connectivity index (χ1v) is 9.83. The van der Waals surface area contributed by atoms with Gasteiger partial charge in [-0.25, -0.2) is 4.79 Å². The number of anilines is 1. The van der Waals surface area contributed by atoms with Crippen molar-refractivity contribution < 1.29 is 19.1 Å². The zero-order valence-electron chi connectivity index (χ0n) is 18.3. The molecule has 0 bridgehead atoms. The molecule has 7 nitrogen and oxygen atoms in total. The summed E-state index contributed by atoms with van der Waals surface area (Å²) in [5, 5.41) is 12.3. The number of esters is 1. The zero-order chi connectivity index (χ0) is 23.3. The molecular weight excluding hydrogens is 406 g/mol. The minimum Gasteiger partial charge on any atom is -0.497 e. The van der Waals surface area contributed by atoms with Crippen molar-refractivity contribution in [3.63, 3.8) is 0 Å². The van der Waals surface area contributed by atoms with Crippen molar-refractivity contribution >= 4 is 23.6 Å². The highest BCUT2D eigenvalue weighted by Gasteiger charge is 2.18. The normalized spacial score (nSPS) is 10.9. The molecular formula is C25H23N3O4. The van der Waals surface area contributed by atoms with E-state index in [2.05, 4.69) is 5.32 Å². The molecule has 162 valence electrons. The van der Waals surface area contributed by atoms with Crippen LogP contribution in [0, 0.1) is 25.2 Å². The first-order chi connectivity index (χ1) is 15.4. The van der Waals surface area contributed by atoms with E-state index in [1.54, 1.807) is 36.4 Å². The summed E-state index contributed by atoms with van der Waals surface area (Å²) < 4.78 is 12.0. The molecule has 0 radical (unpaired) electrons. The molecule has 0 saturated heterocycles. The second-order valence-corrected chi connectivity index (χ2v) is 7.03. The van der Waals surface area contributed by atoms with Crippen LogP contribution in [0.1, 0.15) is 27.3 Å². The smallest absolute Gasteiger partial charge is 0.339 e. The van der Waals surface area contributed by atoms with E-state index >= 15 is 0 Å². The highest BCUT2D eigenvalue weighted by atomic mass is 16.5. The molecule has 0 spiro atoms. The molecule has 0 unspecified atom stereocenters. The van der Waals surface area contributed by atoms with E-state index in [0.29, 0.717) is 28.3 Å². The summed E-state index contributed by atoms with van der Waals surface area (Å²) in [4.78, 5) is 24.9. The van der Waals surface area contributed by atoms with Crippen molar-refractivity contribution in [1.82, 2.24) is 4.57 Å². The quantitative estimate of drug-likeness (QED) is 0.355. The van der Waals surface area contributed by atoms with Gasteiger partial charge in [0.2, 0.25) is 0 Å². The maximum absolute atomic E-state index is 12.7. The highest BCUT2D eigenvalue weighted by molar-refractivity contribution is 6.09. The number of aryl methyl sites for hydroxylation is 1. The lowest BCUT2D eigenvalue weighted by atomic mass is 10.1. The second-order valence-electron chi connectivity index (χ2n) is 7.03. The Kier molecular flexibility index (Phi) is 6.76. The van der Waals surface area contributed by atoms with Crippen LogP contribution in [0.25, 0.3) is 11.8 Å². The van der Waals surface area contributed by atoms with Gasteiger partial charge in [0.05, 0.1) is 25.5 Å². The fraction of sp³-hybridized carbons (Fsp3) is 0.160. The predicted octanol–water partition coefficient (Wildman–Crippen LogP) is 4.44. The molecule has 0 fully saturated rings. The molecule has 0 aliphatic heterocycles. The Balaban J connectivity index is 1.98. The molecule has 0 aliphatic carbocycles. The zero-order valence-corrected chi connectivity index (χ0v) is 18.3. The van der Waals surface area contributed by atoms with Crippen LogP contribution in [0.3, 0.4) is 0 Å². The fourth-order valence-corrected chi connectivity index (χ4v) is 3.46. The number of nitrogens with zero attached hydrogens (tertiary/aromatic N) is 2. The number of hydrogen-bond donors (Lipinski definition) is 1. The van der Waals surface area contributed by atoms with Gasteiger partial charge < -0.3 is 19.4 Å². The van der Waals surface area contributed by atoms with E-state index < -0.39 is 11.9 Å². The van der Waals surface area contributed by atoms with Gasteiger partial charge in [-0.1, -0.05) is 18.2 Å². The van der Waals surface area contributed by atoms with Gasteiger partial charge in [0, 0.05) is 23.1 Å². The Morgan fingerprint density at radius 2 is 1.81 bits per heavy atom. The molecule has 0 aliphatic rings. The van der Waals surface area contributed by atoms with Crippen LogP contribution in [0.15, 0.2) is 60.2 Å². The van der Waals surface area contributed by atoms with Gasteiger partial charge in [-0.2, -0.15) is 5.26 Å². The number of benzene rings is 2.